The third-order valence-electron chi connectivity index (χ3n) is 4.29. The smallest absolute Gasteiger partial charge is 0.0623 e. The maximum absolute atomic E-state index is 6.25. The van der Waals surface area contributed by atoms with Gasteiger partial charge in [0.1, 0.15) is 0 Å². The molecule has 2 unspecified atom stereocenters. The van der Waals surface area contributed by atoms with Crippen LogP contribution >= 0.6 is 0 Å². The van der Waals surface area contributed by atoms with Crippen LogP contribution in [0.3, 0.4) is 0 Å². The summed E-state index contributed by atoms with van der Waals surface area (Å²) in [5.41, 5.74) is 6.25. The summed E-state index contributed by atoms with van der Waals surface area (Å²) in [6.07, 6.45) is 13.6. The Morgan fingerprint density at radius 1 is 1.11 bits per heavy atom. The average Bonchev–Trinajstić information content (AvgIpc) is 2.42. The molecular weight excluding hydrogens is 222 g/mol. The summed E-state index contributed by atoms with van der Waals surface area (Å²) in [4.78, 5) is 0. The zero-order valence-electron chi connectivity index (χ0n) is 12.5. The van der Waals surface area contributed by atoms with Gasteiger partial charge in [-0.15, -0.1) is 0 Å². The van der Waals surface area contributed by atoms with Crippen molar-refractivity contribution in [2.75, 3.05) is 6.61 Å². The lowest BCUT2D eigenvalue weighted by Gasteiger charge is -2.28. The third kappa shape index (κ3) is 6.75. The van der Waals surface area contributed by atoms with Gasteiger partial charge >= 0.3 is 0 Å². The molecule has 0 spiro atoms. The fourth-order valence-electron chi connectivity index (χ4n) is 2.92. The molecule has 108 valence electrons. The van der Waals surface area contributed by atoms with E-state index in [2.05, 4.69) is 13.8 Å². The average molecular weight is 255 g/mol. The van der Waals surface area contributed by atoms with Crippen molar-refractivity contribution in [2.24, 2.45) is 11.7 Å². The van der Waals surface area contributed by atoms with Gasteiger partial charge in [0.2, 0.25) is 0 Å². The molecule has 2 nitrogen and oxygen atoms in total. The quantitative estimate of drug-likeness (QED) is 0.624. The standard InChI is InChI=1S/C16H33NO/c1-3-4-5-7-10-14(2)18-13-16(17)15-11-8-6-9-12-15/h14-16H,3-13,17H2,1-2H3. The minimum absolute atomic E-state index is 0.267. The third-order valence-corrected chi connectivity index (χ3v) is 4.29. The normalized spacial score (nSPS) is 20.8. The van der Waals surface area contributed by atoms with Crippen molar-refractivity contribution in [2.45, 2.75) is 90.2 Å². The topological polar surface area (TPSA) is 35.2 Å². The van der Waals surface area contributed by atoms with E-state index in [1.165, 1.54) is 64.2 Å². The molecule has 0 radical (unpaired) electrons. The van der Waals surface area contributed by atoms with Crippen LogP contribution in [0.15, 0.2) is 0 Å². The van der Waals surface area contributed by atoms with Gasteiger partial charge in [0.15, 0.2) is 0 Å². The highest BCUT2D eigenvalue weighted by Gasteiger charge is 2.21. The lowest BCUT2D eigenvalue weighted by atomic mass is 9.84. The minimum atomic E-state index is 0.267. The number of unbranched alkanes of at least 4 members (excludes halogenated alkanes) is 3. The molecule has 0 saturated heterocycles. The summed E-state index contributed by atoms with van der Waals surface area (Å²) in [6, 6.07) is 0.267. The summed E-state index contributed by atoms with van der Waals surface area (Å²) in [5, 5.41) is 0. The van der Waals surface area contributed by atoms with Gasteiger partial charge < -0.3 is 10.5 Å². The molecule has 1 rings (SSSR count). The van der Waals surface area contributed by atoms with Crippen LogP contribution in [0, 0.1) is 5.92 Å². The van der Waals surface area contributed by atoms with Crippen LogP contribution < -0.4 is 5.73 Å². The second-order valence-corrected chi connectivity index (χ2v) is 6.06. The summed E-state index contributed by atoms with van der Waals surface area (Å²) in [5.74, 6) is 0.714. The minimum Gasteiger partial charge on any atom is -0.377 e. The zero-order valence-corrected chi connectivity index (χ0v) is 12.5. The molecule has 1 saturated carbocycles. The summed E-state index contributed by atoms with van der Waals surface area (Å²) >= 11 is 0. The van der Waals surface area contributed by atoms with E-state index >= 15 is 0 Å². The van der Waals surface area contributed by atoms with Crippen LogP contribution in [0.5, 0.6) is 0 Å². The molecule has 0 bridgehead atoms. The Morgan fingerprint density at radius 2 is 1.83 bits per heavy atom. The first-order valence-corrected chi connectivity index (χ1v) is 8.11. The fraction of sp³-hybridized carbons (Fsp3) is 1.00. The summed E-state index contributed by atoms with van der Waals surface area (Å²) < 4.78 is 5.91. The Bertz CT molecular complexity index is 190. The lowest BCUT2D eigenvalue weighted by molar-refractivity contribution is 0.0359. The molecule has 1 aliphatic rings. The highest BCUT2D eigenvalue weighted by Crippen LogP contribution is 2.25. The van der Waals surface area contributed by atoms with Crippen molar-refractivity contribution in [3.05, 3.63) is 0 Å². The highest BCUT2D eigenvalue weighted by molar-refractivity contribution is 4.76. The predicted molar refractivity (Wildman–Crippen MR) is 78.7 cm³/mol. The number of ether oxygens (including phenoxy) is 1. The molecule has 0 aromatic carbocycles. The monoisotopic (exact) mass is 255 g/mol. The van der Waals surface area contributed by atoms with E-state index in [0.717, 1.165) is 6.61 Å². The second kappa shape index (κ2) is 9.80. The van der Waals surface area contributed by atoms with Crippen molar-refractivity contribution >= 4 is 0 Å². The van der Waals surface area contributed by atoms with Crippen LogP contribution in [0.2, 0.25) is 0 Å². The molecule has 2 heteroatoms. The maximum Gasteiger partial charge on any atom is 0.0623 e. The zero-order chi connectivity index (χ0) is 13.2. The van der Waals surface area contributed by atoms with Crippen LogP contribution in [-0.4, -0.2) is 18.8 Å². The van der Waals surface area contributed by atoms with Gasteiger partial charge in [-0.3, -0.25) is 0 Å². The molecule has 1 fully saturated rings. The fourth-order valence-corrected chi connectivity index (χ4v) is 2.92. The van der Waals surface area contributed by atoms with E-state index < -0.39 is 0 Å². The summed E-state index contributed by atoms with van der Waals surface area (Å²) in [7, 11) is 0. The first-order chi connectivity index (χ1) is 8.74. The highest BCUT2D eigenvalue weighted by atomic mass is 16.5. The van der Waals surface area contributed by atoms with Crippen LogP contribution in [0.1, 0.15) is 78.1 Å². The van der Waals surface area contributed by atoms with Gasteiger partial charge in [0, 0.05) is 6.04 Å². The van der Waals surface area contributed by atoms with Gasteiger partial charge in [0.05, 0.1) is 12.7 Å². The van der Waals surface area contributed by atoms with E-state index in [4.69, 9.17) is 10.5 Å². The van der Waals surface area contributed by atoms with Gasteiger partial charge in [-0.2, -0.15) is 0 Å². The van der Waals surface area contributed by atoms with Gasteiger partial charge in [0.25, 0.3) is 0 Å². The number of nitrogens with two attached hydrogens (primary N) is 1. The molecule has 1 aliphatic carbocycles. The molecule has 0 amide bonds. The van der Waals surface area contributed by atoms with Gasteiger partial charge in [-0.25, -0.2) is 0 Å². The van der Waals surface area contributed by atoms with Crippen molar-refractivity contribution in [3.63, 3.8) is 0 Å². The van der Waals surface area contributed by atoms with E-state index in [1.807, 2.05) is 0 Å². The molecule has 2 N–H and O–H groups in total. The van der Waals surface area contributed by atoms with E-state index in [0.29, 0.717) is 12.0 Å². The lowest BCUT2D eigenvalue weighted by Crippen LogP contribution is -2.37. The number of hydrogen-bond acceptors (Lipinski definition) is 2. The van der Waals surface area contributed by atoms with Crippen LogP contribution in [-0.2, 0) is 4.74 Å². The van der Waals surface area contributed by atoms with Crippen molar-refractivity contribution in [1.82, 2.24) is 0 Å². The largest absolute Gasteiger partial charge is 0.377 e. The van der Waals surface area contributed by atoms with Gasteiger partial charge in [-0.05, 0) is 32.1 Å². The molecule has 0 aliphatic heterocycles. The SMILES string of the molecule is CCCCCCC(C)OCC(N)C1CCCCC1. The molecular formula is C16H33NO. The molecule has 0 heterocycles. The molecule has 2 atom stereocenters. The summed E-state index contributed by atoms with van der Waals surface area (Å²) in [6.45, 7) is 5.21. The second-order valence-electron chi connectivity index (χ2n) is 6.06. The van der Waals surface area contributed by atoms with Crippen LogP contribution in [0.4, 0.5) is 0 Å². The van der Waals surface area contributed by atoms with Crippen molar-refractivity contribution in [3.8, 4) is 0 Å². The van der Waals surface area contributed by atoms with Crippen LogP contribution in [0.25, 0.3) is 0 Å². The molecule has 0 aromatic heterocycles. The van der Waals surface area contributed by atoms with Crippen molar-refractivity contribution < 1.29 is 4.74 Å². The first kappa shape index (κ1) is 16.0. The Morgan fingerprint density at radius 3 is 2.50 bits per heavy atom. The van der Waals surface area contributed by atoms with E-state index in [-0.39, 0.29) is 6.04 Å². The Balaban J connectivity index is 2.03. The number of rotatable bonds is 9. The van der Waals surface area contributed by atoms with Gasteiger partial charge in [-0.1, -0.05) is 51.9 Å². The number of hydrogen-bond donors (Lipinski definition) is 1. The Labute approximate surface area is 114 Å². The predicted octanol–water partition coefficient (Wildman–Crippen LogP) is 4.27. The van der Waals surface area contributed by atoms with Crippen molar-refractivity contribution in [1.29, 1.82) is 0 Å². The Hall–Kier alpha value is -0.0800. The molecule has 18 heavy (non-hydrogen) atoms. The Kier molecular flexibility index (Phi) is 8.70. The molecule has 0 aromatic rings. The van der Waals surface area contributed by atoms with E-state index in [9.17, 15) is 0 Å². The first-order valence-electron chi connectivity index (χ1n) is 8.11. The van der Waals surface area contributed by atoms with E-state index in [1.54, 1.807) is 0 Å². The maximum atomic E-state index is 6.25.